The predicted octanol–water partition coefficient (Wildman–Crippen LogP) is 5.98. The van der Waals surface area contributed by atoms with E-state index < -0.39 is 17.4 Å². The molecule has 0 fully saturated rings. The molecule has 0 heterocycles. The van der Waals surface area contributed by atoms with Crippen molar-refractivity contribution in [2.75, 3.05) is 10.6 Å². The smallest absolute Gasteiger partial charge is 0.182 e. The van der Waals surface area contributed by atoms with Gasteiger partial charge in [-0.1, -0.05) is 41.4 Å². The van der Waals surface area contributed by atoms with Gasteiger partial charge in [-0.3, -0.25) is 0 Å². The van der Waals surface area contributed by atoms with Gasteiger partial charge in [0.1, 0.15) is 0 Å². The fraction of sp³-hybridized carbons (Fsp3) is 0.250. The van der Waals surface area contributed by atoms with E-state index in [0.717, 1.165) is 5.69 Å². The number of hydrogen-bond donors (Lipinski definition) is 4. The Bertz CT molecular complexity index is 985. The fourth-order valence-electron chi connectivity index (χ4n) is 3.22. The molecule has 0 amide bonds. The molecule has 158 valence electrons. The highest BCUT2D eigenvalue weighted by atomic mass is 35.5. The highest BCUT2D eigenvalue weighted by Crippen LogP contribution is 2.32. The maximum atomic E-state index is 11.9. The minimum Gasteiger partial charge on any atom is -0.386 e. The molecular weight excluding hydrogens is 419 g/mol. The zero-order valence-electron chi connectivity index (χ0n) is 17.2. The van der Waals surface area contributed by atoms with Crippen LogP contribution in [0.3, 0.4) is 0 Å². The second-order valence-corrected chi connectivity index (χ2v) is 8.78. The van der Waals surface area contributed by atoms with E-state index in [0.29, 0.717) is 26.9 Å². The van der Waals surface area contributed by atoms with Crippen LogP contribution in [0.1, 0.15) is 31.9 Å². The first kappa shape index (κ1) is 22.4. The Balaban J connectivity index is 2.01. The third-order valence-corrected chi connectivity index (χ3v) is 5.55. The van der Waals surface area contributed by atoms with Gasteiger partial charge in [-0.25, -0.2) is 0 Å². The van der Waals surface area contributed by atoms with Gasteiger partial charge in [0.25, 0.3) is 0 Å². The SMILES string of the molecule is C[C@@H](Nc1ccc(Cl)cc1)C(O)(Nc1ccc(Cl)cc1)c1cccc(C(C)(C)O)c1. The van der Waals surface area contributed by atoms with Crippen molar-refractivity contribution in [2.24, 2.45) is 0 Å². The zero-order valence-corrected chi connectivity index (χ0v) is 18.7. The van der Waals surface area contributed by atoms with E-state index in [9.17, 15) is 10.2 Å². The highest BCUT2D eigenvalue weighted by Gasteiger charge is 2.37. The molecule has 2 atom stereocenters. The summed E-state index contributed by atoms with van der Waals surface area (Å²) in [7, 11) is 0. The first-order valence-electron chi connectivity index (χ1n) is 9.69. The number of aliphatic hydroxyl groups is 2. The monoisotopic (exact) mass is 444 g/mol. The van der Waals surface area contributed by atoms with Gasteiger partial charge in [0.15, 0.2) is 5.72 Å². The lowest BCUT2D eigenvalue weighted by atomic mass is 9.89. The molecule has 30 heavy (non-hydrogen) atoms. The second-order valence-electron chi connectivity index (χ2n) is 7.91. The van der Waals surface area contributed by atoms with Crippen LogP contribution < -0.4 is 10.6 Å². The van der Waals surface area contributed by atoms with E-state index in [4.69, 9.17) is 23.2 Å². The number of anilines is 2. The van der Waals surface area contributed by atoms with E-state index in [1.165, 1.54) is 0 Å². The molecule has 0 spiro atoms. The van der Waals surface area contributed by atoms with Crippen molar-refractivity contribution in [3.8, 4) is 0 Å². The minimum absolute atomic E-state index is 0.452. The van der Waals surface area contributed by atoms with Crippen molar-refractivity contribution in [3.05, 3.63) is 94.0 Å². The number of halogens is 2. The van der Waals surface area contributed by atoms with Crippen LogP contribution in [-0.2, 0) is 11.3 Å². The van der Waals surface area contributed by atoms with Crippen molar-refractivity contribution in [1.82, 2.24) is 0 Å². The van der Waals surface area contributed by atoms with Crippen LogP contribution in [-0.4, -0.2) is 16.3 Å². The average molecular weight is 445 g/mol. The van der Waals surface area contributed by atoms with Crippen LogP contribution in [0.4, 0.5) is 11.4 Å². The van der Waals surface area contributed by atoms with Gasteiger partial charge in [0.05, 0.1) is 11.6 Å². The summed E-state index contributed by atoms with van der Waals surface area (Å²) in [5.74, 6) is 0. The lowest BCUT2D eigenvalue weighted by molar-refractivity contribution is 0.0500. The molecule has 3 aromatic rings. The molecule has 0 aliphatic carbocycles. The van der Waals surface area contributed by atoms with Crippen molar-refractivity contribution >= 4 is 34.6 Å². The summed E-state index contributed by atoms with van der Waals surface area (Å²) in [6.45, 7) is 5.31. The maximum absolute atomic E-state index is 11.9. The lowest BCUT2D eigenvalue weighted by Gasteiger charge is -2.38. The Hall–Kier alpha value is -2.24. The molecular formula is C24H26Cl2N2O2. The quantitative estimate of drug-likeness (QED) is 0.338. The third-order valence-electron chi connectivity index (χ3n) is 5.04. The van der Waals surface area contributed by atoms with Crippen LogP contribution in [0, 0.1) is 0 Å². The van der Waals surface area contributed by atoms with Crippen LogP contribution in [0.25, 0.3) is 0 Å². The van der Waals surface area contributed by atoms with Gasteiger partial charge < -0.3 is 20.8 Å². The Morgan fingerprint density at radius 3 is 1.80 bits per heavy atom. The molecule has 0 saturated heterocycles. The van der Waals surface area contributed by atoms with E-state index >= 15 is 0 Å². The maximum Gasteiger partial charge on any atom is 0.182 e. The number of benzene rings is 3. The average Bonchev–Trinajstić information content (AvgIpc) is 2.71. The summed E-state index contributed by atoms with van der Waals surface area (Å²) in [5.41, 5.74) is 0.321. The van der Waals surface area contributed by atoms with E-state index in [-0.39, 0.29) is 0 Å². The van der Waals surface area contributed by atoms with Crippen molar-refractivity contribution in [3.63, 3.8) is 0 Å². The predicted molar refractivity (Wildman–Crippen MR) is 125 cm³/mol. The molecule has 0 bridgehead atoms. The third kappa shape index (κ3) is 5.27. The lowest BCUT2D eigenvalue weighted by Crippen LogP contribution is -2.49. The molecule has 6 heteroatoms. The number of rotatable bonds is 7. The normalized spacial score (nSPS) is 14.6. The molecule has 0 aliphatic heterocycles. The van der Waals surface area contributed by atoms with Crippen LogP contribution in [0.5, 0.6) is 0 Å². The molecule has 3 aromatic carbocycles. The topological polar surface area (TPSA) is 64.5 Å². The van der Waals surface area contributed by atoms with Crippen LogP contribution >= 0.6 is 23.2 Å². The van der Waals surface area contributed by atoms with Gasteiger partial charge in [-0.2, -0.15) is 0 Å². The van der Waals surface area contributed by atoms with Crippen LogP contribution in [0.2, 0.25) is 10.0 Å². The summed E-state index contributed by atoms with van der Waals surface area (Å²) in [6.07, 6.45) is 0. The number of hydrogen-bond acceptors (Lipinski definition) is 4. The first-order valence-corrected chi connectivity index (χ1v) is 10.4. The summed E-state index contributed by atoms with van der Waals surface area (Å²) < 4.78 is 0. The molecule has 0 saturated carbocycles. The Morgan fingerprint density at radius 2 is 1.27 bits per heavy atom. The van der Waals surface area contributed by atoms with Crippen LogP contribution in [0.15, 0.2) is 72.8 Å². The summed E-state index contributed by atoms with van der Waals surface area (Å²) in [4.78, 5) is 0. The van der Waals surface area contributed by atoms with Gasteiger partial charge in [0.2, 0.25) is 0 Å². The molecule has 4 N–H and O–H groups in total. The molecule has 0 aromatic heterocycles. The summed E-state index contributed by atoms with van der Waals surface area (Å²) in [5, 5.41) is 30.1. The fourth-order valence-corrected chi connectivity index (χ4v) is 3.47. The molecule has 1 unspecified atom stereocenters. The second kappa shape index (κ2) is 8.86. The van der Waals surface area contributed by atoms with Gasteiger partial charge >= 0.3 is 0 Å². The Labute approximate surface area is 187 Å². The molecule has 3 rings (SSSR count). The Kier molecular flexibility index (Phi) is 6.63. The molecule has 0 radical (unpaired) electrons. The van der Waals surface area contributed by atoms with Crippen molar-refractivity contribution < 1.29 is 10.2 Å². The van der Waals surface area contributed by atoms with Gasteiger partial charge in [0, 0.05) is 27.0 Å². The van der Waals surface area contributed by atoms with Crippen molar-refractivity contribution in [2.45, 2.75) is 38.1 Å². The zero-order chi connectivity index (χ0) is 21.9. The van der Waals surface area contributed by atoms with Gasteiger partial charge in [-0.05, 0) is 80.9 Å². The highest BCUT2D eigenvalue weighted by molar-refractivity contribution is 6.30. The number of nitrogens with one attached hydrogen (secondary N) is 2. The standard InChI is InChI=1S/C24H26Cl2N2O2/c1-16(27-21-11-7-19(25)8-12-21)24(30,28-22-13-9-20(26)10-14-22)18-6-4-5-17(15-18)23(2,3)29/h4-16,27-30H,1-3H3/t16-,24?/m1/s1. The summed E-state index contributed by atoms with van der Waals surface area (Å²) in [6, 6.07) is 21.3. The molecule has 4 nitrogen and oxygen atoms in total. The van der Waals surface area contributed by atoms with E-state index in [1.54, 1.807) is 38.1 Å². The van der Waals surface area contributed by atoms with E-state index in [2.05, 4.69) is 10.6 Å². The largest absolute Gasteiger partial charge is 0.386 e. The minimum atomic E-state index is -1.49. The summed E-state index contributed by atoms with van der Waals surface area (Å²) >= 11 is 12.0. The van der Waals surface area contributed by atoms with Gasteiger partial charge in [-0.15, -0.1) is 0 Å². The van der Waals surface area contributed by atoms with Crippen molar-refractivity contribution in [1.29, 1.82) is 0 Å². The Morgan fingerprint density at radius 1 is 0.767 bits per heavy atom. The van der Waals surface area contributed by atoms with E-state index in [1.807, 2.05) is 55.5 Å². The molecule has 0 aliphatic rings. The first-order chi connectivity index (χ1) is 14.1.